The number of aromatic amines is 1. The molecule has 0 aliphatic carbocycles. The number of nitrogens with one attached hydrogen (secondary N) is 1. The summed E-state index contributed by atoms with van der Waals surface area (Å²) in [5.74, 6) is 0. The van der Waals surface area contributed by atoms with Crippen LogP contribution in [0.5, 0.6) is 0 Å². The van der Waals surface area contributed by atoms with Crippen molar-refractivity contribution >= 4 is 66.7 Å². The van der Waals surface area contributed by atoms with Crippen molar-refractivity contribution in [1.29, 1.82) is 0 Å². The van der Waals surface area contributed by atoms with E-state index in [9.17, 15) is 14.2 Å². The van der Waals surface area contributed by atoms with Gasteiger partial charge in [-0.3, -0.25) is 14.3 Å². The molecule has 0 spiro atoms. The second-order valence-corrected chi connectivity index (χ2v) is 5.71. The first-order valence-corrected chi connectivity index (χ1v) is 7.40. The van der Waals surface area contributed by atoms with Gasteiger partial charge >= 0.3 is 72.4 Å². The van der Waals surface area contributed by atoms with Gasteiger partial charge in [0.25, 0.3) is 5.56 Å². The average molecular weight is 356 g/mol. The van der Waals surface area contributed by atoms with E-state index in [2.05, 4.69) is 0 Å². The quantitative estimate of drug-likeness (QED) is 0.373. The van der Waals surface area contributed by atoms with E-state index in [4.69, 9.17) is 24.1 Å². The molecule has 0 radical (unpaired) electrons. The molecule has 10 nitrogen and oxygen atoms in total. The van der Waals surface area contributed by atoms with Gasteiger partial charge in [0.05, 0.1) is 18.9 Å². The minimum atomic E-state index is -4.23. The van der Waals surface area contributed by atoms with Crippen molar-refractivity contribution in [3.63, 3.8) is 0 Å². The first-order chi connectivity index (χ1) is 9.33. The third-order valence-corrected chi connectivity index (χ3v) is 2.91. The summed E-state index contributed by atoms with van der Waals surface area (Å²) >= 11 is 0. The van der Waals surface area contributed by atoms with E-state index in [1.807, 2.05) is 4.98 Å². The fourth-order valence-corrected chi connectivity index (χ4v) is 1.98. The van der Waals surface area contributed by atoms with Crippen molar-refractivity contribution < 1.29 is 28.7 Å². The van der Waals surface area contributed by atoms with Crippen LogP contribution in [0.3, 0.4) is 0 Å². The Hall–Kier alpha value is 0.550. The number of nitrogens with zero attached hydrogens (tertiary/aromatic N) is 1. The van der Waals surface area contributed by atoms with Crippen LogP contribution in [0.4, 0.5) is 0 Å². The number of hydrogen-bond donors (Lipinski definition) is 3. The van der Waals surface area contributed by atoms with Crippen LogP contribution in [0.2, 0.25) is 0 Å². The summed E-state index contributed by atoms with van der Waals surface area (Å²) in [6.45, 7) is 0.0861. The van der Waals surface area contributed by atoms with Crippen molar-refractivity contribution in [1.82, 2.24) is 9.71 Å². The fraction of sp³-hybridized carbons (Fsp3) is 0.556. The molecular weight excluding hydrogens is 341 g/mol. The zero-order chi connectivity index (χ0) is 14.8. The number of hydrogen-bond acceptors (Lipinski definition) is 6. The van der Waals surface area contributed by atoms with E-state index in [0.29, 0.717) is 0 Å². The van der Waals surface area contributed by atoms with E-state index in [0.717, 1.165) is 17.0 Å². The van der Waals surface area contributed by atoms with E-state index in [1.54, 1.807) is 0 Å². The molecule has 1 aliphatic heterocycles. The summed E-state index contributed by atoms with van der Waals surface area (Å²) in [5.41, 5.74) is -1.30. The van der Waals surface area contributed by atoms with Gasteiger partial charge in [-0.1, -0.05) is 0 Å². The maximum absolute atomic E-state index is 11.4. The maximum atomic E-state index is 11.4. The van der Waals surface area contributed by atoms with Gasteiger partial charge in [0.2, 0.25) is 6.29 Å². The Labute approximate surface area is 168 Å². The summed E-state index contributed by atoms with van der Waals surface area (Å²) in [4.78, 5) is 46.7. The second-order valence-electron chi connectivity index (χ2n) is 4.12. The standard InChI is InChI=1S/C9H13N2O8P.2Na.2H/c12-7-1-2-11(9(13)10-7)19-8-3-6(4-17-8)18-5-20(14,15)16;;;;/h1-2,6,8H,3-5H2,(H,10,12,13)(H2,14,15,16);;;;/t6-,8?;;;;/m0..../s1. The number of ether oxygens (including phenoxy) is 2. The van der Waals surface area contributed by atoms with Crippen LogP contribution in [0, 0.1) is 0 Å². The van der Waals surface area contributed by atoms with E-state index in [-0.39, 0.29) is 72.1 Å². The summed E-state index contributed by atoms with van der Waals surface area (Å²) in [6, 6.07) is 1.11. The molecule has 0 amide bonds. The molecule has 3 N–H and O–H groups in total. The number of aromatic nitrogens is 2. The molecule has 1 aromatic heterocycles. The van der Waals surface area contributed by atoms with Gasteiger partial charge in [0.15, 0.2) is 0 Å². The van der Waals surface area contributed by atoms with Gasteiger partial charge < -0.3 is 24.1 Å². The van der Waals surface area contributed by atoms with Crippen LogP contribution < -0.4 is 16.1 Å². The van der Waals surface area contributed by atoms with Gasteiger partial charge in [-0.15, -0.1) is 4.73 Å². The van der Waals surface area contributed by atoms with Crippen molar-refractivity contribution in [2.75, 3.05) is 13.0 Å². The second kappa shape index (κ2) is 9.75. The molecule has 2 atom stereocenters. The molecule has 1 aromatic rings. The van der Waals surface area contributed by atoms with Gasteiger partial charge in [0, 0.05) is 12.5 Å². The number of rotatable bonds is 5. The summed E-state index contributed by atoms with van der Waals surface area (Å²) in [6.07, 6.45) is -0.696. The SMILES string of the molecule is O=c1ccn(OC2C[C@H](OCP(=O)(O)O)CO2)c(=O)[nH]1.[NaH].[NaH]. The van der Waals surface area contributed by atoms with Crippen LogP contribution >= 0.6 is 7.60 Å². The molecule has 2 rings (SSSR count). The summed E-state index contributed by atoms with van der Waals surface area (Å²) in [5, 5.41) is 0. The van der Waals surface area contributed by atoms with Gasteiger partial charge in [-0.25, -0.2) is 4.79 Å². The molecule has 0 saturated carbocycles. The van der Waals surface area contributed by atoms with Crippen molar-refractivity contribution in [3.8, 4) is 0 Å². The molecule has 0 aromatic carbocycles. The third-order valence-electron chi connectivity index (χ3n) is 2.42. The van der Waals surface area contributed by atoms with Crippen molar-refractivity contribution in [2.45, 2.75) is 18.8 Å². The average Bonchev–Trinajstić information content (AvgIpc) is 2.77. The van der Waals surface area contributed by atoms with Crippen LogP contribution in [-0.4, -0.2) is 104 Å². The monoisotopic (exact) mass is 356 g/mol. The molecule has 116 valence electrons. The molecule has 13 heteroatoms. The minimum absolute atomic E-state index is 0. The molecule has 0 bridgehead atoms. The number of H-pyrrole nitrogens is 1. The zero-order valence-corrected chi connectivity index (χ0v) is 11.1. The Morgan fingerprint density at radius 3 is 2.68 bits per heavy atom. The van der Waals surface area contributed by atoms with Crippen LogP contribution in [0.25, 0.3) is 0 Å². The van der Waals surface area contributed by atoms with E-state index in [1.165, 1.54) is 0 Å². The molecule has 1 fully saturated rings. The molecule has 1 saturated heterocycles. The fourth-order valence-electron chi connectivity index (χ4n) is 1.57. The third kappa shape index (κ3) is 7.41. The summed E-state index contributed by atoms with van der Waals surface area (Å²) in [7, 11) is -4.23. The Kier molecular flexibility index (Phi) is 9.99. The first-order valence-electron chi connectivity index (χ1n) is 5.60. The van der Waals surface area contributed by atoms with Gasteiger partial charge in [-0.05, 0) is 0 Å². The van der Waals surface area contributed by atoms with Crippen LogP contribution in [0.15, 0.2) is 21.9 Å². The van der Waals surface area contributed by atoms with E-state index < -0.39 is 37.6 Å². The molecule has 22 heavy (non-hydrogen) atoms. The Balaban J connectivity index is 0.00000220. The molecule has 1 aliphatic rings. The molecular formula is C9H15N2Na2O8P. The normalized spacial score (nSPS) is 20.8. The topological polar surface area (TPSA) is 140 Å². The van der Waals surface area contributed by atoms with Crippen LogP contribution in [0.1, 0.15) is 6.42 Å². The predicted molar refractivity (Wildman–Crippen MR) is 78.3 cm³/mol. The summed E-state index contributed by atoms with van der Waals surface area (Å²) < 4.78 is 21.6. The Morgan fingerprint density at radius 1 is 1.41 bits per heavy atom. The Bertz CT molecular complexity index is 629. The van der Waals surface area contributed by atoms with Gasteiger partial charge in [-0.2, -0.15) is 0 Å². The zero-order valence-electron chi connectivity index (χ0n) is 10.2. The Morgan fingerprint density at radius 2 is 2.09 bits per heavy atom. The van der Waals surface area contributed by atoms with Crippen molar-refractivity contribution in [3.05, 3.63) is 33.1 Å². The molecule has 2 heterocycles. The van der Waals surface area contributed by atoms with E-state index >= 15 is 0 Å². The van der Waals surface area contributed by atoms with Crippen LogP contribution in [-0.2, 0) is 14.0 Å². The molecule has 1 unspecified atom stereocenters. The van der Waals surface area contributed by atoms with Crippen molar-refractivity contribution in [2.24, 2.45) is 0 Å². The van der Waals surface area contributed by atoms with Gasteiger partial charge in [0.1, 0.15) is 6.35 Å². The first kappa shape index (κ1) is 22.6. The predicted octanol–water partition coefficient (Wildman–Crippen LogP) is -3.06.